The molecule has 0 aliphatic heterocycles. The van der Waals surface area contributed by atoms with E-state index in [1.165, 1.54) is 12.1 Å². The topological polar surface area (TPSA) is 35.2 Å². The average molecular weight is 345 g/mol. The molecule has 2 aromatic rings. The van der Waals surface area contributed by atoms with Gasteiger partial charge in [-0.2, -0.15) is 0 Å². The summed E-state index contributed by atoms with van der Waals surface area (Å²) in [4.78, 5) is 0. The van der Waals surface area contributed by atoms with Gasteiger partial charge in [-0.15, -0.1) is 0 Å². The molecular formula is C14H12BrClFNO. The SMILES string of the molecule is NCCc1ccc(Oc2cc(F)c(Cl)cc2Br)cc1. The monoisotopic (exact) mass is 343 g/mol. The first-order valence-electron chi connectivity index (χ1n) is 5.71. The molecule has 0 bridgehead atoms. The Bertz CT molecular complexity index is 574. The van der Waals surface area contributed by atoms with Gasteiger partial charge in [0.05, 0.1) is 9.50 Å². The summed E-state index contributed by atoms with van der Waals surface area (Å²) in [5.41, 5.74) is 6.62. The fraction of sp³-hybridized carbons (Fsp3) is 0.143. The zero-order valence-electron chi connectivity index (χ0n) is 10.00. The lowest BCUT2D eigenvalue weighted by Gasteiger charge is -2.09. The van der Waals surface area contributed by atoms with E-state index in [1.807, 2.05) is 24.3 Å². The number of nitrogens with two attached hydrogens (primary N) is 1. The molecule has 0 saturated carbocycles. The van der Waals surface area contributed by atoms with E-state index in [1.54, 1.807) is 0 Å². The highest BCUT2D eigenvalue weighted by molar-refractivity contribution is 9.10. The Kier molecular flexibility index (Phi) is 4.80. The lowest BCUT2D eigenvalue weighted by Crippen LogP contribution is -2.02. The minimum Gasteiger partial charge on any atom is -0.456 e. The minimum absolute atomic E-state index is 0.0533. The Morgan fingerprint density at radius 3 is 2.53 bits per heavy atom. The number of hydrogen-bond donors (Lipinski definition) is 1. The van der Waals surface area contributed by atoms with Crippen molar-refractivity contribution >= 4 is 27.5 Å². The molecule has 0 aliphatic carbocycles. The van der Waals surface area contributed by atoms with E-state index in [9.17, 15) is 4.39 Å². The molecule has 0 spiro atoms. The molecule has 0 saturated heterocycles. The van der Waals surface area contributed by atoms with Crippen molar-refractivity contribution in [1.29, 1.82) is 0 Å². The Morgan fingerprint density at radius 1 is 1.21 bits per heavy atom. The van der Waals surface area contributed by atoms with Crippen molar-refractivity contribution in [3.63, 3.8) is 0 Å². The van der Waals surface area contributed by atoms with Crippen molar-refractivity contribution in [2.75, 3.05) is 6.54 Å². The molecule has 0 fully saturated rings. The predicted molar refractivity (Wildman–Crippen MR) is 78.4 cm³/mol. The third-order valence-electron chi connectivity index (χ3n) is 2.56. The number of hydrogen-bond acceptors (Lipinski definition) is 2. The Labute approximate surface area is 124 Å². The van der Waals surface area contributed by atoms with Crippen molar-refractivity contribution < 1.29 is 9.13 Å². The zero-order chi connectivity index (χ0) is 13.8. The van der Waals surface area contributed by atoms with Gasteiger partial charge in [0.15, 0.2) is 0 Å². The molecule has 19 heavy (non-hydrogen) atoms. The van der Waals surface area contributed by atoms with Crippen LogP contribution in [0.5, 0.6) is 11.5 Å². The van der Waals surface area contributed by atoms with Gasteiger partial charge in [-0.3, -0.25) is 0 Å². The summed E-state index contributed by atoms with van der Waals surface area (Å²) in [7, 11) is 0. The second-order valence-corrected chi connectivity index (χ2v) is 5.24. The normalized spacial score (nSPS) is 10.5. The van der Waals surface area contributed by atoms with Crippen molar-refractivity contribution in [3.8, 4) is 11.5 Å². The van der Waals surface area contributed by atoms with Gasteiger partial charge < -0.3 is 10.5 Å². The number of ether oxygens (including phenoxy) is 1. The molecule has 0 atom stereocenters. The first-order valence-corrected chi connectivity index (χ1v) is 6.88. The largest absolute Gasteiger partial charge is 0.456 e. The lowest BCUT2D eigenvalue weighted by atomic mass is 10.1. The quantitative estimate of drug-likeness (QED) is 0.827. The highest BCUT2D eigenvalue weighted by Crippen LogP contribution is 2.33. The first kappa shape index (κ1) is 14.3. The molecule has 0 unspecified atom stereocenters. The smallest absolute Gasteiger partial charge is 0.145 e. The molecule has 2 aromatic carbocycles. The Balaban J connectivity index is 2.19. The predicted octanol–water partition coefficient (Wildman–Crippen LogP) is 4.54. The van der Waals surface area contributed by atoms with E-state index in [0.29, 0.717) is 22.5 Å². The van der Waals surface area contributed by atoms with Crippen molar-refractivity contribution in [2.24, 2.45) is 5.73 Å². The molecule has 0 amide bonds. The minimum atomic E-state index is -0.514. The van der Waals surface area contributed by atoms with Gasteiger partial charge in [-0.05, 0) is 52.7 Å². The van der Waals surface area contributed by atoms with Crippen LogP contribution in [0, 0.1) is 5.82 Å². The van der Waals surface area contributed by atoms with Crippen LogP contribution in [0.3, 0.4) is 0 Å². The average Bonchev–Trinajstić information content (AvgIpc) is 2.38. The van der Waals surface area contributed by atoms with E-state index >= 15 is 0 Å². The maximum absolute atomic E-state index is 13.4. The van der Waals surface area contributed by atoms with Crippen LogP contribution in [0.2, 0.25) is 5.02 Å². The van der Waals surface area contributed by atoms with Crippen LogP contribution in [0.4, 0.5) is 4.39 Å². The summed E-state index contributed by atoms with van der Waals surface area (Å²) in [6.45, 7) is 0.605. The zero-order valence-corrected chi connectivity index (χ0v) is 12.3. The third-order valence-corrected chi connectivity index (χ3v) is 3.47. The van der Waals surface area contributed by atoms with Crippen molar-refractivity contribution in [1.82, 2.24) is 0 Å². The standard InChI is InChI=1S/C14H12BrClFNO/c15-11-7-12(16)13(17)8-14(11)19-10-3-1-9(2-4-10)5-6-18/h1-4,7-8H,5-6,18H2. The maximum atomic E-state index is 13.4. The van der Waals surface area contributed by atoms with Crippen LogP contribution in [-0.4, -0.2) is 6.54 Å². The molecule has 0 aliphatic rings. The van der Waals surface area contributed by atoms with E-state index in [-0.39, 0.29) is 5.02 Å². The molecule has 2 N–H and O–H groups in total. The van der Waals surface area contributed by atoms with Crippen LogP contribution in [0.1, 0.15) is 5.56 Å². The van der Waals surface area contributed by atoms with E-state index in [0.717, 1.165) is 12.0 Å². The molecule has 2 nitrogen and oxygen atoms in total. The second-order valence-electron chi connectivity index (χ2n) is 3.98. The number of halogens is 3. The van der Waals surface area contributed by atoms with Gasteiger partial charge in [0.25, 0.3) is 0 Å². The van der Waals surface area contributed by atoms with E-state index < -0.39 is 5.82 Å². The summed E-state index contributed by atoms with van der Waals surface area (Å²) in [5.74, 6) is 0.497. The van der Waals surface area contributed by atoms with Crippen LogP contribution >= 0.6 is 27.5 Å². The second kappa shape index (κ2) is 6.37. The third kappa shape index (κ3) is 3.69. The summed E-state index contributed by atoms with van der Waals surface area (Å²) in [5, 5.41) is 0.0533. The number of rotatable bonds is 4. The molecule has 5 heteroatoms. The molecule has 0 radical (unpaired) electrons. The van der Waals surface area contributed by atoms with Crippen LogP contribution in [-0.2, 0) is 6.42 Å². The molecule has 0 aromatic heterocycles. The van der Waals surface area contributed by atoms with Gasteiger partial charge in [0.1, 0.15) is 17.3 Å². The summed E-state index contributed by atoms with van der Waals surface area (Å²) >= 11 is 8.96. The summed E-state index contributed by atoms with van der Waals surface area (Å²) in [6, 6.07) is 10.2. The van der Waals surface area contributed by atoms with Crippen LogP contribution in [0.25, 0.3) is 0 Å². The molecule has 0 heterocycles. The fourth-order valence-corrected chi connectivity index (χ4v) is 2.32. The summed E-state index contributed by atoms with van der Waals surface area (Å²) < 4.78 is 19.6. The molecule has 100 valence electrons. The highest BCUT2D eigenvalue weighted by Gasteiger charge is 2.08. The van der Waals surface area contributed by atoms with Gasteiger partial charge in [-0.25, -0.2) is 4.39 Å². The fourth-order valence-electron chi connectivity index (χ4n) is 1.60. The van der Waals surface area contributed by atoms with Gasteiger partial charge in [0.2, 0.25) is 0 Å². The van der Waals surface area contributed by atoms with E-state index in [2.05, 4.69) is 15.9 Å². The summed E-state index contributed by atoms with van der Waals surface area (Å²) in [6.07, 6.45) is 0.819. The van der Waals surface area contributed by atoms with Crippen LogP contribution in [0.15, 0.2) is 40.9 Å². The Morgan fingerprint density at radius 2 is 1.89 bits per heavy atom. The van der Waals surface area contributed by atoms with Crippen molar-refractivity contribution in [2.45, 2.75) is 6.42 Å². The van der Waals surface area contributed by atoms with E-state index in [4.69, 9.17) is 22.1 Å². The lowest BCUT2D eigenvalue weighted by molar-refractivity contribution is 0.473. The Hall–Kier alpha value is -1.10. The number of benzene rings is 2. The molecule has 2 rings (SSSR count). The molecular weight excluding hydrogens is 333 g/mol. The maximum Gasteiger partial charge on any atom is 0.145 e. The van der Waals surface area contributed by atoms with Crippen molar-refractivity contribution in [3.05, 3.63) is 57.3 Å². The van der Waals surface area contributed by atoms with Gasteiger partial charge >= 0.3 is 0 Å². The van der Waals surface area contributed by atoms with Gasteiger partial charge in [-0.1, -0.05) is 23.7 Å². The van der Waals surface area contributed by atoms with Crippen LogP contribution < -0.4 is 10.5 Å². The first-order chi connectivity index (χ1) is 9.10. The van der Waals surface area contributed by atoms with Gasteiger partial charge in [0, 0.05) is 6.07 Å². The highest BCUT2D eigenvalue weighted by atomic mass is 79.9.